The molecule has 2 heterocycles. The molecule has 24 heavy (non-hydrogen) atoms. The third-order valence-electron chi connectivity index (χ3n) is 3.49. The van der Waals surface area contributed by atoms with Gasteiger partial charge in [0, 0.05) is 19.1 Å². The van der Waals surface area contributed by atoms with Crippen LogP contribution in [0.1, 0.15) is 44.2 Å². The minimum absolute atomic E-state index is 0.0553. The molecule has 132 valence electrons. The second-order valence-corrected chi connectivity index (χ2v) is 6.61. The number of nitrogens with zero attached hydrogens (tertiary/aromatic N) is 2. The van der Waals surface area contributed by atoms with Crippen LogP contribution in [0.2, 0.25) is 0 Å². The van der Waals surface area contributed by atoms with Crippen LogP contribution in [0.3, 0.4) is 0 Å². The van der Waals surface area contributed by atoms with E-state index in [0.717, 1.165) is 6.07 Å². The number of nitrogens with one attached hydrogen (secondary N) is 1. The lowest BCUT2D eigenvalue weighted by atomic mass is 10.1. The van der Waals surface area contributed by atoms with E-state index in [0.29, 0.717) is 25.9 Å². The third-order valence-corrected chi connectivity index (χ3v) is 3.49. The van der Waals surface area contributed by atoms with E-state index < -0.39 is 22.5 Å². The molecule has 0 radical (unpaired) electrons. The van der Waals surface area contributed by atoms with Gasteiger partial charge in [-0.3, -0.25) is 14.9 Å². The first-order valence-corrected chi connectivity index (χ1v) is 7.69. The number of likely N-dealkylation sites (tertiary alicyclic amines) is 1. The van der Waals surface area contributed by atoms with Gasteiger partial charge in [-0.25, -0.2) is 4.79 Å². The van der Waals surface area contributed by atoms with Crippen molar-refractivity contribution >= 4 is 17.9 Å². The molecular weight excluding hydrogens is 318 g/mol. The normalized spacial score (nSPS) is 15.9. The lowest BCUT2D eigenvalue weighted by Crippen LogP contribution is -2.47. The van der Waals surface area contributed by atoms with Gasteiger partial charge in [0.05, 0.1) is 6.07 Å². The number of nitro groups is 1. The molecule has 2 amide bonds. The van der Waals surface area contributed by atoms with E-state index in [-0.39, 0.29) is 17.7 Å². The Kier molecular flexibility index (Phi) is 5.10. The van der Waals surface area contributed by atoms with Crippen molar-refractivity contribution in [3.63, 3.8) is 0 Å². The van der Waals surface area contributed by atoms with Crippen molar-refractivity contribution in [2.75, 3.05) is 13.1 Å². The number of carbonyl (C=O) groups excluding carboxylic acids is 2. The second-order valence-electron chi connectivity index (χ2n) is 6.61. The van der Waals surface area contributed by atoms with Gasteiger partial charge in [-0.15, -0.1) is 0 Å². The summed E-state index contributed by atoms with van der Waals surface area (Å²) in [5.41, 5.74) is -0.561. The van der Waals surface area contributed by atoms with Gasteiger partial charge < -0.3 is 19.4 Å². The molecule has 1 aromatic rings. The zero-order valence-corrected chi connectivity index (χ0v) is 13.9. The average Bonchev–Trinajstić information content (AvgIpc) is 2.95. The van der Waals surface area contributed by atoms with Gasteiger partial charge in [-0.05, 0) is 39.7 Å². The van der Waals surface area contributed by atoms with E-state index >= 15 is 0 Å². The predicted octanol–water partition coefficient (Wildman–Crippen LogP) is 2.32. The van der Waals surface area contributed by atoms with Crippen LogP contribution < -0.4 is 5.32 Å². The Morgan fingerprint density at radius 3 is 2.46 bits per heavy atom. The van der Waals surface area contributed by atoms with E-state index in [4.69, 9.17) is 9.15 Å². The minimum Gasteiger partial charge on any atom is -0.444 e. The monoisotopic (exact) mass is 339 g/mol. The van der Waals surface area contributed by atoms with Gasteiger partial charge in [0.2, 0.25) is 0 Å². The SMILES string of the molecule is CC(C)(C)OC(=O)NC1CCN(C(=O)c2ccc([N+](=O)[O-])o2)CC1. The van der Waals surface area contributed by atoms with Crippen molar-refractivity contribution in [2.45, 2.75) is 45.3 Å². The molecule has 1 N–H and O–H groups in total. The molecule has 1 aliphatic rings. The number of amides is 2. The maximum Gasteiger partial charge on any atom is 0.433 e. The first-order chi connectivity index (χ1) is 11.2. The zero-order valence-electron chi connectivity index (χ0n) is 13.9. The Labute approximate surface area is 139 Å². The highest BCUT2D eigenvalue weighted by molar-refractivity contribution is 5.91. The van der Waals surface area contributed by atoms with Crippen molar-refractivity contribution in [2.24, 2.45) is 0 Å². The van der Waals surface area contributed by atoms with Gasteiger partial charge in [0.25, 0.3) is 5.91 Å². The summed E-state index contributed by atoms with van der Waals surface area (Å²) in [6.45, 7) is 6.21. The van der Waals surface area contributed by atoms with Crippen molar-refractivity contribution in [3.8, 4) is 0 Å². The number of ether oxygens (including phenoxy) is 1. The van der Waals surface area contributed by atoms with Crippen LogP contribution >= 0.6 is 0 Å². The largest absolute Gasteiger partial charge is 0.444 e. The fraction of sp³-hybridized carbons (Fsp3) is 0.600. The zero-order chi connectivity index (χ0) is 17.9. The standard InChI is InChI=1S/C15H21N3O6/c1-15(2,3)24-14(20)16-10-6-8-17(9-7-10)13(19)11-4-5-12(23-11)18(21)22/h4-5,10H,6-9H2,1-3H3,(H,16,20). The molecule has 9 heteroatoms. The second kappa shape index (κ2) is 6.90. The maximum absolute atomic E-state index is 12.2. The molecule has 0 spiro atoms. The van der Waals surface area contributed by atoms with E-state index in [2.05, 4.69) is 5.32 Å². The van der Waals surface area contributed by atoms with Crippen LogP contribution in [0.25, 0.3) is 0 Å². The lowest BCUT2D eigenvalue weighted by Gasteiger charge is -2.32. The summed E-state index contributed by atoms with van der Waals surface area (Å²) in [7, 11) is 0. The number of alkyl carbamates (subject to hydrolysis) is 1. The lowest BCUT2D eigenvalue weighted by molar-refractivity contribution is -0.402. The Balaban J connectivity index is 1.84. The van der Waals surface area contributed by atoms with Crippen LogP contribution in [0, 0.1) is 10.1 Å². The Morgan fingerprint density at radius 2 is 1.96 bits per heavy atom. The first kappa shape index (κ1) is 17.8. The summed E-state index contributed by atoms with van der Waals surface area (Å²) in [6, 6.07) is 2.38. The molecule has 1 aromatic heterocycles. The van der Waals surface area contributed by atoms with Crippen molar-refractivity contribution in [1.82, 2.24) is 10.2 Å². The number of hydrogen-bond acceptors (Lipinski definition) is 6. The molecule has 0 aliphatic carbocycles. The van der Waals surface area contributed by atoms with Gasteiger partial charge in [0.15, 0.2) is 5.76 Å². The molecule has 0 unspecified atom stereocenters. The van der Waals surface area contributed by atoms with E-state index in [1.807, 2.05) is 0 Å². The van der Waals surface area contributed by atoms with Crippen LogP contribution in [0.15, 0.2) is 16.5 Å². The van der Waals surface area contributed by atoms with Crippen LogP contribution in [-0.4, -0.2) is 46.6 Å². The molecule has 2 rings (SSSR count). The first-order valence-electron chi connectivity index (χ1n) is 7.69. The quantitative estimate of drug-likeness (QED) is 0.667. The summed E-state index contributed by atoms with van der Waals surface area (Å²) in [6.07, 6.45) is 0.676. The van der Waals surface area contributed by atoms with Crippen LogP contribution in [-0.2, 0) is 4.74 Å². The van der Waals surface area contributed by atoms with E-state index in [1.54, 1.807) is 25.7 Å². The predicted molar refractivity (Wildman–Crippen MR) is 83.7 cm³/mol. The highest BCUT2D eigenvalue weighted by Gasteiger charge is 2.28. The van der Waals surface area contributed by atoms with Gasteiger partial charge in [-0.2, -0.15) is 0 Å². The van der Waals surface area contributed by atoms with E-state index in [1.165, 1.54) is 6.07 Å². The summed E-state index contributed by atoms with van der Waals surface area (Å²) in [5.74, 6) is -0.904. The molecule has 0 aromatic carbocycles. The summed E-state index contributed by atoms with van der Waals surface area (Å²) < 4.78 is 10.1. The third kappa shape index (κ3) is 4.71. The molecule has 0 bridgehead atoms. The molecule has 1 saturated heterocycles. The van der Waals surface area contributed by atoms with Crippen molar-refractivity contribution in [1.29, 1.82) is 0 Å². The smallest absolute Gasteiger partial charge is 0.433 e. The molecule has 9 nitrogen and oxygen atoms in total. The fourth-order valence-electron chi connectivity index (χ4n) is 2.40. The van der Waals surface area contributed by atoms with Crippen molar-refractivity contribution < 1.29 is 23.7 Å². The van der Waals surface area contributed by atoms with Gasteiger partial charge >= 0.3 is 12.0 Å². The number of rotatable bonds is 3. The number of hydrogen-bond donors (Lipinski definition) is 1. The Morgan fingerprint density at radius 1 is 1.33 bits per heavy atom. The van der Waals surface area contributed by atoms with E-state index in [9.17, 15) is 19.7 Å². The Hall–Kier alpha value is -2.58. The average molecular weight is 339 g/mol. The van der Waals surface area contributed by atoms with Crippen LogP contribution in [0.4, 0.5) is 10.7 Å². The Bertz CT molecular complexity index is 625. The van der Waals surface area contributed by atoms with Crippen molar-refractivity contribution in [3.05, 3.63) is 28.0 Å². The topological polar surface area (TPSA) is 115 Å². The number of furan rings is 1. The molecular formula is C15H21N3O6. The number of piperidine rings is 1. The summed E-state index contributed by atoms with van der Waals surface area (Å²) in [5, 5.41) is 13.4. The maximum atomic E-state index is 12.2. The molecule has 0 saturated carbocycles. The summed E-state index contributed by atoms with van der Waals surface area (Å²) in [4.78, 5) is 35.4. The molecule has 0 atom stereocenters. The molecule has 1 aliphatic heterocycles. The highest BCUT2D eigenvalue weighted by Crippen LogP contribution is 2.20. The molecule has 1 fully saturated rings. The highest BCUT2D eigenvalue weighted by atomic mass is 16.6. The fourth-order valence-corrected chi connectivity index (χ4v) is 2.40. The van der Waals surface area contributed by atoms with Gasteiger partial charge in [-0.1, -0.05) is 0 Å². The number of carbonyl (C=O) groups is 2. The minimum atomic E-state index is -0.687. The summed E-state index contributed by atoms with van der Waals surface area (Å²) >= 11 is 0. The van der Waals surface area contributed by atoms with Gasteiger partial charge in [0.1, 0.15) is 10.5 Å². The van der Waals surface area contributed by atoms with Crippen LogP contribution in [0.5, 0.6) is 0 Å².